The summed E-state index contributed by atoms with van der Waals surface area (Å²) in [6, 6.07) is 18.6. The maximum absolute atomic E-state index is 12.2. The van der Waals surface area contributed by atoms with Gasteiger partial charge < -0.3 is 0 Å². The van der Waals surface area contributed by atoms with Crippen molar-refractivity contribution in [2.75, 3.05) is 0 Å². The van der Waals surface area contributed by atoms with E-state index in [0.717, 1.165) is 10.1 Å². The Morgan fingerprint density at radius 3 is 2.30 bits per heavy atom. The fourth-order valence-electron chi connectivity index (χ4n) is 2.08. The zero-order chi connectivity index (χ0) is 13.9. The van der Waals surface area contributed by atoms with Gasteiger partial charge >= 0.3 is 0 Å². The van der Waals surface area contributed by atoms with Crippen LogP contribution < -0.4 is 0 Å². The predicted octanol–water partition coefficient (Wildman–Crippen LogP) is 4.36. The van der Waals surface area contributed by atoms with E-state index in [2.05, 4.69) is 0 Å². The summed E-state index contributed by atoms with van der Waals surface area (Å²) in [5.74, 6) is -0.242. The number of carbonyl (C=O) groups excluding carboxylic acids is 2. The molecule has 3 rings (SSSR count). The quantitative estimate of drug-likeness (QED) is 0.525. The topological polar surface area (TPSA) is 34.1 Å². The van der Waals surface area contributed by atoms with E-state index in [1.54, 1.807) is 24.3 Å². The zero-order valence-electron chi connectivity index (χ0n) is 10.7. The Hall–Kier alpha value is -2.26. The molecule has 0 unspecified atom stereocenters. The molecule has 2 nitrogen and oxygen atoms in total. The summed E-state index contributed by atoms with van der Waals surface area (Å²) in [7, 11) is 0. The number of hydrogen-bond donors (Lipinski definition) is 0. The van der Waals surface area contributed by atoms with Crippen molar-refractivity contribution in [2.45, 2.75) is 6.42 Å². The molecule has 3 heteroatoms. The molecular weight excluding hydrogens is 268 g/mol. The Morgan fingerprint density at radius 1 is 0.850 bits per heavy atom. The van der Waals surface area contributed by atoms with E-state index in [0.29, 0.717) is 10.4 Å². The van der Waals surface area contributed by atoms with Crippen molar-refractivity contribution in [3.63, 3.8) is 0 Å². The van der Waals surface area contributed by atoms with Crippen LogP contribution in [0.2, 0.25) is 0 Å². The molecule has 0 atom stereocenters. The monoisotopic (exact) mass is 280 g/mol. The van der Waals surface area contributed by atoms with Gasteiger partial charge in [0.25, 0.3) is 0 Å². The molecule has 0 fully saturated rings. The number of Topliss-reactive ketones (excluding diaryl/α,β-unsaturated/α-hetero) is 2. The van der Waals surface area contributed by atoms with E-state index >= 15 is 0 Å². The number of hydrogen-bond acceptors (Lipinski definition) is 3. The fraction of sp³-hybridized carbons (Fsp3) is 0.0588. The Kier molecular flexibility index (Phi) is 3.44. The van der Waals surface area contributed by atoms with Gasteiger partial charge in [0.1, 0.15) is 0 Å². The molecule has 1 aromatic heterocycles. The molecular formula is C17H12O2S. The van der Waals surface area contributed by atoms with E-state index < -0.39 is 0 Å². The lowest BCUT2D eigenvalue weighted by molar-refractivity contribution is 0.0896. The van der Waals surface area contributed by atoms with Gasteiger partial charge in [0.15, 0.2) is 11.6 Å². The minimum atomic E-state index is -0.131. The number of ketones is 2. The summed E-state index contributed by atoms with van der Waals surface area (Å²) in [5.41, 5.74) is 0.585. The normalized spacial score (nSPS) is 10.6. The van der Waals surface area contributed by atoms with Gasteiger partial charge in [-0.1, -0.05) is 48.5 Å². The average Bonchev–Trinajstić information content (AvgIpc) is 2.92. The van der Waals surface area contributed by atoms with Gasteiger partial charge in [0.05, 0.1) is 11.3 Å². The van der Waals surface area contributed by atoms with E-state index in [1.165, 1.54) is 11.3 Å². The Balaban J connectivity index is 1.81. The maximum Gasteiger partial charge on any atom is 0.180 e. The van der Waals surface area contributed by atoms with Crippen molar-refractivity contribution < 1.29 is 9.59 Å². The maximum atomic E-state index is 12.2. The molecule has 0 N–H and O–H groups in total. The van der Waals surface area contributed by atoms with Crippen molar-refractivity contribution in [1.82, 2.24) is 0 Å². The van der Waals surface area contributed by atoms with Crippen molar-refractivity contribution in [3.8, 4) is 0 Å². The summed E-state index contributed by atoms with van der Waals surface area (Å²) < 4.78 is 1.07. The predicted molar refractivity (Wildman–Crippen MR) is 81.5 cm³/mol. The molecule has 0 radical (unpaired) electrons. The molecule has 1 heterocycles. The Labute approximate surface area is 120 Å². The van der Waals surface area contributed by atoms with Crippen LogP contribution in [0.15, 0.2) is 60.7 Å². The van der Waals surface area contributed by atoms with Crippen LogP contribution in [0.3, 0.4) is 0 Å². The van der Waals surface area contributed by atoms with Crippen LogP contribution in [0.1, 0.15) is 26.5 Å². The second-order valence-electron chi connectivity index (χ2n) is 4.54. The first kappa shape index (κ1) is 12.8. The molecule has 0 saturated heterocycles. The molecule has 0 aliphatic heterocycles. The third kappa shape index (κ3) is 2.53. The molecule has 0 spiro atoms. The van der Waals surface area contributed by atoms with Gasteiger partial charge in [0.2, 0.25) is 0 Å². The third-order valence-electron chi connectivity index (χ3n) is 3.12. The summed E-state index contributed by atoms with van der Waals surface area (Å²) >= 11 is 1.44. The highest BCUT2D eigenvalue weighted by Crippen LogP contribution is 2.26. The van der Waals surface area contributed by atoms with Crippen molar-refractivity contribution >= 4 is 33.0 Å². The van der Waals surface area contributed by atoms with Crippen LogP contribution in [0, 0.1) is 0 Å². The molecule has 3 aromatic rings. The molecule has 0 amide bonds. The van der Waals surface area contributed by atoms with Crippen molar-refractivity contribution in [2.24, 2.45) is 0 Å². The van der Waals surface area contributed by atoms with Crippen LogP contribution in [0.4, 0.5) is 0 Å². The van der Waals surface area contributed by atoms with Crippen LogP contribution in [0.5, 0.6) is 0 Å². The number of benzene rings is 2. The van der Waals surface area contributed by atoms with E-state index in [4.69, 9.17) is 0 Å². The number of carbonyl (C=O) groups is 2. The lowest BCUT2D eigenvalue weighted by Crippen LogP contribution is -2.07. The van der Waals surface area contributed by atoms with Crippen LogP contribution in [0.25, 0.3) is 10.1 Å². The summed E-state index contributed by atoms with van der Waals surface area (Å²) in [4.78, 5) is 24.9. The number of fused-ring (bicyclic) bond motifs is 1. The molecule has 0 saturated carbocycles. The van der Waals surface area contributed by atoms with E-state index in [1.807, 2.05) is 36.4 Å². The van der Waals surface area contributed by atoms with Gasteiger partial charge in [-0.15, -0.1) is 11.3 Å². The molecule has 20 heavy (non-hydrogen) atoms. The van der Waals surface area contributed by atoms with Crippen LogP contribution in [-0.2, 0) is 0 Å². The Morgan fingerprint density at radius 2 is 1.55 bits per heavy atom. The molecule has 0 aliphatic rings. The largest absolute Gasteiger partial charge is 0.294 e. The van der Waals surface area contributed by atoms with E-state index in [9.17, 15) is 9.59 Å². The zero-order valence-corrected chi connectivity index (χ0v) is 11.5. The Bertz CT molecular complexity index is 739. The van der Waals surface area contributed by atoms with Gasteiger partial charge in [-0.3, -0.25) is 9.59 Å². The SMILES string of the molecule is O=C(CC(=O)c1cc2ccccc2s1)c1ccccc1. The first-order valence-corrected chi connectivity index (χ1v) is 7.16. The fourth-order valence-corrected chi connectivity index (χ4v) is 3.08. The van der Waals surface area contributed by atoms with Crippen LogP contribution in [-0.4, -0.2) is 11.6 Å². The first-order chi connectivity index (χ1) is 9.74. The second kappa shape index (κ2) is 5.39. The summed E-state index contributed by atoms with van der Waals surface area (Å²) in [5, 5.41) is 1.05. The highest BCUT2D eigenvalue weighted by atomic mass is 32.1. The average molecular weight is 280 g/mol. The summed E-state index contributed by atoms with van der Waals surface area (Å²) in [6.07, 6.45) is -0.0726. The first-order valence-electron chi connectivity index (χ1n) is 6.34. The van der Waals surface area contributed by atoms with Crippen molar-refractivity contribution in [1.29, 1.82) is 0 Å². The van der Waals surface area contributed by atoms with Gasteiger partial charge in [0, 0.05) is 10.3 Å². The summed E-state index contributed by atoms with van der Waals surface area (Å²) in [6.45, 7) is 0. The highest BCUT2D eigenvalue weighted by molar-refractivity contribution is 7.20. The van der Waals surface area contributed by atoms with Gasteiger partial charge in [-0.25, -0.2) is 0 Å². The highest BCUT2D eigenvalue weighted by Gasteiger charge is 2.15. The smallest absolute Gasteiger partial charge is 0.180 e. The number of thiophene rings is 1. The third-order valence-corrected chi connectivity index (χ3v) is 4.27. The lowest BCUT2D eigenvalue weighted by atomic mass is 10.1. The van der Waals surface area contributed by atoms with Crippen LogP contribution >= 0.6 is 11.3 Å². The molecule has 98 valence electrons. The second-order valence-corrected chi connectivity index (χ2v) is 5.62. The van der Waals surface area contributed by atoms with Gasteiger partial charge in [-0.05, 0) is 17.5 Å². The lowest BCUT2D eigenvalue weighted by Gasteiger charge is -1.98. The van der Waals surface area contributed by atoms with Gasteiger partial charge in [-0.2, -0.15) is 0 Å². The molecule has 0 aliphatic carbocycles. The minimum Gasteiger partial charge on any atom is -0.294 e. The standard InChI is InChI=1S/C17H12O2S/c18-14(12-6-2-1-3-7-12)11-15(19)17-10-13-8-4-5-9-16(13)20-17/h1-10H,11H2. The molecule has 2 aromatic carbocycles. The molecule has 0 bridgehead atoms. The number of rotatable bonds is 4. The minimum absolute atomic E-state index is 0.0726. The van der Waals surface area contributed by atoms with Crippen molar-refractivity contribution in [3.05, 3.63) is 71.1 Å². The van der Waals surface area contributed by atoms with E-state index in [-0.39, 0.29) is 18.0 Å².